The van der Waals surface area contributed by atoms with Crippen LogP contribution in [0.5, 0.6) is 0 Å². The highest BCUT2D eigenvalue weighted by Crippen LogP contribution is 2.17. The van der Waals surface area contributed by atoms with E-state index in [1.54, 1.807) is 12.1 Å². The number of benzene rings is 1. The van der Waals surface area contributed by atoms with Gasteiger partial charge in [0.1, 0.15) is 5.82 Å². The van der Waals surface area contributed by atoms with E-state index in [1.807, 2.05) is 6.07 Å². The van der Waals surface area contributed by atoms with Crippen LogP contribution in [0.1, 0.15) is 31.2 Å². The summed E-state index contributed by atoms with van der Waals surface area (Å²) >= 11 is 0. The van der Waals surface area contributed by atoms with Crippen molar-refractivity contribution in [2.75, 3.05) is 13.1 Å². The predicted molar refractivity (Wildman–Crippen MR) is 64.9 cm³/mol. The maximum atomic E-state index is 12.9. The highest BCUT2D eigenvalue weighted by molar-refractivity contribution is 5.16. The highest BCUT2D eigenvalue weighted by atomic mass is 19.1. The molecule has 88 valence electrons. The van der Waals surface area contributed by atoms with Crippen molar-refractivity contribution in [3.63, 3.8) is 0 Å². The fraction of sp³-hybridized carbons (Fsp3) is 0.571. The van der Waals surface area contributed by atoms with Crippen molar-refractivity contribution >= 4 is 0 Å². The monoisotopic (exact) mass is 221 g/mol. The van der Waals surface area contributed by atoms with Gasteiger partial charge in [-0.15, -0.1) is 0 Å². The summed E-state index contributed by atoms with van der Waals surface area (Å²) in [5.41, 5.74) is 1.13. The lowest BCUT2D eigenvalue weighted by Gasteiger charge is -2.22. The summed E-state index contributed by atoms with van der Waals surface area (Å²) < 4.78 is 12.9. The minimum Gasteiger partial charge on any atom is -0.316 e. The molecule has 1 aliphatic heterocycles. The van der Waals surface area contributed by atoms with Crippen molar-refractivity contribution in [3.8, 4) is 0 Å². The molecule has 0 amide bonds. The molecule has 0 saturated carbocycles. The molecule has 0 spiro atoms. The zero-order valence-electron chi connectivity index (χ0n) is 9.71. The number of halogens is 1. The van der Waals surface area contributed by atoms with Crippen LogP contribution >= 0.6 is 0 Å². The van der Waals surface area contributed by atoms with Crippen molar-refractivity contribution in [1.82, 2.24) is 5.32 Å². The van der Waals surface area contributed by atoms with Crippen molar-refractivity contribution in [1.29, 1.82) is 0 Å². The van der Waals surface area contributed by atoms with Crippen LogP contribution in [0.3, 0.4) is 0 Å². The van der Waals surface area contributed by atoms with E-state index in [2.05, 4.69) is 5.32 Å². The zero-order chi connectivity index (χ0) is 11.2. The molecule has 1 atom stereocenters. The van der Waals surface area contributed by atoms with Crippen LogP contribution in [-0.2, 0) is 6.42 Å². The zero-order valence-corrected chi connectivity index (χ0v) is 9.71. The molecule has 1 aliphatic rings. The van der Waals surface area contributed by atoms with E-state index < -0.39 is 0 Å². The summed E-state index contributed by atoms with van der Waals surface area (Å²) in [6.07, 6.45) is 6.12. The topological polar surface area (TPSA) is 12.0 Å². The summed E-state index contributed by atoms with van der Waals surface area (Å²) in [6, 6.07) is 6.97. The molecule has 0 radical (unpaired) electrons. The Morgan fingerprint density at radius 2 is 2.31 bits per heavy atom. The lowest BCUT2D eigenvalue weighted by Crippen LogP contribution is -2.29. The minimum atomic E-state index is -0.114. The van der Waals surface area contributed by atoms with E-state index in [0.29, 0.717) is 0 Å². The van der Waals surface area contributed by atoms with Crippen LogP contribution < -0.4 is 5.32 Å². The largest absolute Gasteiger partial charge is 0.316 e. The fourth-order valence-electron chi connectivity index (χ4n) is 2.46. The van der Waals surface area contributed by atoms with Crippen LogP contribution in [0.2, 0.25) is 0 Å². The Morgan fingerprint density at radius 3 is 3.06 bits per heavy atom. The van der Waals surface area contributed by atoms with Gasteiger partial charge in [-0.3, -0.25) is 0 Å². The molecule has 1 aromatic rings. The Hall–Kier alpha value is -0.890. The van der Waals surface area contributed by atoms with Crippen LogP contribution in [0.15, 0.2) is 24.3 Å². The lowest BCUT2D eigenvalue weighted by molar-refractivity contribution is 0.351. The molecule has 1 saturated heterocycles. The van der Waals surface area contributed by atoms with E-state index >= 15 is 0 Å². The second-order valence-electron chi connectivity index (χ2n) is 4.73. The highest BCUT2D eigenvalue weighted by Gasteiger charge is 2.12. The molecule has 0 aromatic heterocycles. The van der Waals surface area contributed by atoms with Crippen LogP contribution in [0, 0.1) is 11.7 Å². The molecular formula is C14H20FN. The van der Waals surface area contributed by atoms with Gasteiger partial charge in [0.05, 0.1) is 0 Å². The second-order valence-corrected chi connectivity index (χ2v) is 4.73. The van der Waals surface area contributed by atoms with Gasteiger partial charge >= 0.3 is 0 Å². The molecule has 0 aliphatic carbocycles. The number of rotatable bonds is 4. The van der Waals surface area contributed by atoms with Crippen molar-refractivity contribution in [2.24, 2.45) is 5.92 Å². The first kappa shape index (κ1) is 11.6. The van der Waals surface area contributed by atoms with E-state index in [1.165, 1.54) is 44.8 Å². The molecule has 1 nitrogen and oxygen atoms in total. The summed E-state index contributed by atoms with van der Waals surface area (Å²) in [6.45, 7) is 2.35. The molecule has 0 bridgehead atoms. The van der Waals surface area contributed by atoms with Crippen LogP contribution in [0.25, 0.3) is 0 Å². The van der Waals surface area contributed by atoms with Crippen molar-refractivity contribution in [3.05, 3.63) is 35.6 Å². The standard InChI is InChI=1S/C14H20FN/c15-14-8-2-5-12(10-14)4-1-6-13-7-3-9-16-11-13/h2,5,8,10,13,16H,1,3-4,6-7,9,11H2/t13-/m1/s1. The number of nitrogens with one attached hydrogen (secondary N) is 1. The van der Waals surface area contributed by atoms with Gasteiger partial charge in [-0.2, -0.15) is 0 Å². The maximum Gasteiger partial charge on any atom is 0.123 e. The third-order valence-electron chi connectivity index (χ3n) is 3.37. The van der Waals surface area contributed by atoms with Gasteiger partial charge in [0.25, 0.3) is 0 Å². The molecule has 2 rings (SSSR count). The maximum absolute atomic E-state index is 12.9. The second kappa shape index (κ2) is 6.00. The third kappa shape index (κ3) is 3.60. The van der Waals surface area contributed by atoms with Crippen LogP contribution in [-0.4, -0.2) is 13.1 Å². The molecule has 16 heavy (non-hydrogen) atoms. The van der Waals surface area contributed by atoms with Gasteiger partial charge in [-0.1, -0.05) is 12.1 Å². The first-order chi connectivity index (χ1) is 7.84. The fourth-order valence-corrected chi connectivity index (χ4v) is 2.46. The van der Waals surface area contributed by atoms with E-state index in [-0.39, 0.29) is 5.82 Å². The predicted octanol–water partition coefficient (Wildman–Crippen LogP) is 3.15. The average molecular weight is 221 g/mol. The van der Waals surface area contributed by atoms with Gasteiger partial charge in [-0.05, 0) is 68.8 Å². The van der Waals surface area contributed by atoms with Gasteiger partial charge in [0, 0.05) is 0 Å². The first-order valence-electron chi connectivity index (χ1n) is 6.30. The van der Waals surface area contributed by atoms with Crippen molar-refractivity contribution in [2.45, 2.75) is 32.1 Å². The Kier molecular flexibility index (Phi) is 4.34. The Labute approximate surface area is 97.1 Å². The molecule has 1 heterocycles. The van der Waals surface area contributed by atoms with Crippen molar-refractivity contribution < 1.29 is 4.39 Å². The van der Waals surface area contributed by atoms with E-state index in [9.17, 15) is 4.39 Å². The number of hydrogen-bond acceptors (Lipinski definition) is 1. The molecule has 2 heteroatoms. The molecule has 1 N–H and O–H groups in total. The van der Waals surface area contributed by atoms with Gasteiger partial charge in [0.15, 0.2) is 0 Å². The van der Waals surface area contributed by atoms with Gasteiger partial charge in [0.2, 0.25) is 0 Å². The average Bonchev–Trinajstić information content (AvgIpc) is 2.30. The normalized spacial score (nSPS) is 20.9. The number of aryl methyl sites for hydroxylation is 1. The third-order valence-corrected chi connectivity index (χ3v) is 3.37. The van der Waals surface area contributed by atoms with E-state index in [0.717, 1.165) is 17.9 Å². The Balaban J connectivity index is 1.71. The molecular weight excluding hydrogens is 201 g/mol. The van der Waals surface area contributed by atoms with Gasteiger partial charge < -0.3 is 5.32 Å². The molecule has 1 aromatic carbocycles. The number of hydrogen-bond donors (Lipinski definition) is 1. The number of piperidine rings is 1. The smallest absolute Gasteiger partial charge is 0.123 e. The summed E-state index contributed by atoms with van der Waals surface area (Å²) in [4.78, 5) is 0. The molecule has 1 fully saturated rings. The summed E-state index contributed by atoms with van der Waals surface area (Å²) in [5, 5.41) is 3.43. The summed E-state index contributed by atoms with van der Waals surface area (Å²) in [5.74, 6) is 0.721. The minimum absolute atomic E-state index is 0.114. The van der Waals surface area contributed by atoms with E-state index in [4.69, 9.17) is 0 Å². The first-order valence-corrected chi connectivity index (χ1v) is 6.30. The van der Waals surface area contributed by atoms with Gasteiger partial charge in [-0.25, -0.2) is 4.39 Å². The van der Waals surface area contributed by atoms with Crippen LogP contribution in [0.4, 0.5) is 4.39 Å². The SMILES string of the molecule is Fc1cccc(CCC[C@@H]2CCCNC2)c1. The lowest BCUT2D eigenvalue weighted by atomic mass is 9.93. The Morgan fingerprint density at radius 1 is 1.38 bits per heavy atom. The Bertz CT molecular complexity index is 318. The molecule has 0 unspecified atom stereocenters. The summed E-state index contributed by atoms with van der Waals surface area (Å²) in [7, 11) is 0. The quantitative estimate of drug-likeness (QED) is 0.823.